The summed E-state index contributed by atoms with van der Waals surface area (Å²) in [5.41, 5.74) is -0.902. The lowest BCUT2D eigenvalue weighted by Gasteiger charge is -2.48. The topological polar surface area (TPSA) is 82.9 Å². The van der Waals surface area contributed by atoms with Gasteiger partial charge in [-0.1, -0.05) is 17.7 Å². The number of ketones is 1. The smallest absolute Gasteiger partial charge is 0.278 e. The monoisotopic (exact) mass is 447 g/mol. The van der Waals surface area contributed by atoms with Crippen molar-refractivity contribution in [2.24, 2.45) is 0 Å². The van der Waals surface area contributed by atoms with Crippen LogP contribution in [-0.2, 0) is 6.42 Å². The van der Waals surface area contributed by atoms with Crippen molar-refractivity contribution in [3.8, 4) is 5.75 Å². The molecule has 1 amide bonds. The molecule has 0 saturated carbocycles. The van der Waals surface area contributed by atoms with Gasteiger partial charge in [-0.15, -0.1) is 0 Å². The molecule has 1 aromatic heterocycles. The van der Waals surface area contributed by atoms with Crippen LogP contribution < -0.4 is 10.4 Å². The number of halogens is 2. The summed E-state index contributed by atoms with van der Waals surface area (Å²) in [6, 6.07) is 4.20. The van der Waals surface area contributed by atoms with Crippen molar-refractivity contribution in [1.82, 2.24) is 9.58 Å². The van der Waals surface area contributed by atoms with E-state index in [1.165, 1.54) is 29.1 Å². The summed E-state index contributed by atoms with van der Waals surface area (Å²) in [6.45, 7) is 2.93. The number of aryl methyl sites for hydroxylation is 1. The summed E-state index contributed by atoms with van der Waals surface area (Å²) in [7, 11) is 0. The van der Waals surface area contributed by atoms with Gasteiger partial charge >= 0.3 is 0 Å². The van der Waals surface area contributed by atoms with Crippen molar-refractivity contribution in [1.29, 1.82) is 0 Å². The molecule has 1 aromatic carbocycles. The van der Waals surface area contributed by atoms with Gasteiger partial charge in [0.25, 0.3) is 5.91 Å². The fourth-order valence-corrected chi connectivity index (χ4v) is 4.55. The number of pyridine rings is 1. The molecule has 9 heteroatoms. The number of Topliss-reactive ketones (excluding diaryl/α,β-unsaturated/α-hetero) is 1. The second-order valence-corrected chi connectivity index (χ2v) is 8.24. The Bertz CT molecular complexity index is 1120. The number of nitrogens with zero attached hydrogens (tertiary/aromatic N) is 3. The predicted molar refractivity (Wildman–Crippen MR) is 114 cm³/mol. The van der Waals surface area contributed by atoms with Crippen molar-refractivity contribution < 1.29 is 19.1 Å². The van der Waals surface area contributed by atoms with Crippen LogP contribution >= 0.6 is 11.6 Å². The molecule has 0 spiro atoms. The lowest BCUT2D eigenvalue weighted by atomic mass is 10.0. The summed E-state index contributed by atoms with van der Waals surface area (Å²) in [5, 5.41) is 12.7. The maximum Gasteiger partial charge on any atom is 0.278 e. The lowest BCUT2D eigenvalue weighted by Crippen LogP contribution is -2.63. The molecule has 0 unspecified atom stereocenters. The quantitative estimate of drug-likeness (QED) is 0.712. The Labute approximate surface area is 183 Å². The van der Waals surface area contributed by atoms with E-state index in [-0.39, 0.29) is 35.3 Å². The highest BCUT2D eigenvalue weighted by Gasteiger charge is 2.40. The van der Waals surface area contributed by atoms with Crippen LogP contribution in [0.3, 0.4) is 0 Å². The van der Waals surface area contributed by atoms with Crippen molar-refractivity contribution in [2.75, 3.05) is 18.1 Å². The number of amides is 1. The molecule has 0 radical (unpaired) electrons. The van der Waals surface area contributed by atoms with Gasteiger partial charge in [0.15, 0.2) is 17.2 Å². The predicted octanol–water partition coefficient (Wildman–Crippen LogP) is 3.09. The minimum atomic E-state index is -0.882. The van der Waals surface area contributed by atoms with E-state index in [0.717, 1.165) is 19.3 Å². The largest absolute Gasteiger partial charge is 0.502 e. The number of fused-ring (bicyclic) bond motifs is 3. The molecular formula is C22H23ClFN3O4. The van der Waals surface area contributed by atoms with E-state index in [0.29, 0.717) is 18.7 Å². The average molecular weight is 448 g/mol. The maximum atomic E-state index is 14.0. The Morgan fingerprint density at radius 2 is 2.06 bits per heavy atom. The molecule has 7 nitrogen and oxygen atoms in total. The molecule has 0 aliphatic carbocycles. The fourth-order valence-electron chi connectivity index (χ4n) is 4.39. The first kappa shape index (κ1) is 21.4. The van der Waals surface area contributed by atoms with E-state index in [2.05, 4.69) is 0 Å². The summed E-state index contributed by atoms with van der Waals surface area (Å²) < 4.78 is 15.5. The molecule has 2 aromatic rings. The van der Waals surface area contributed by atoms with Gasteiger partial charge in [-0.2, -0.15) is 0 Å². The summed E-state index contributed by atoms with van der Waals surface area (Å²) in [4.78, 5) is 40.2. The number of hydrogen-bond donors (Lipinski definition) is 1. The van der Waals surface area contributed by atoms with Crippen LogP contribution in [0.15, 0.2) is 29.2 Å². The third-order valence-corrected chi connectivity index (χ3v) is 6.22. The molecule has 1 fully saturated rings. The van der Waals surface area contributed by atoms with Crippen molar-refractivity contribution >= 4 is 23.3 Å². The molecule has 3 heterocycles. The van der Waals surface area contributed by atoms with Gasteiger partial charge in [-0.05, 0) is 50.3 Å². The number of piperidine rings is 1. The molecule has 0 bridgehead atoms. The van der Waals surface area contributed by atoms with Crippen LogP contribution in [0, 0.1) is 5.82 Å². The lowest BCUT2D eigenvalue weighted by molar-refractivity contribution is 0.0534. The number of carbonyl (C=O) groups excluding carboxylic acids is 2. The second kappa shape index (κ2) is 8.34. The van der Waals surface area contributed by atoms with Gasteiger partial charge in [0.2, 0.25) is 5.43 Å². The maximum absolute atomic E-state index is 14.0. The van der Waals surface area contributed by atoms with Crippen LogP contribution in [-0.4, -0.2) is 45.6 Å². The molecule has 1 N–H and O–H groups in total. The van der Waals surface area contributed by atoms with Gasteiger partial charge in [-0.3, -0.25) is 24.1 Å². The van der Waals surface area contributed by atoms with Crippen LogP contribution in [0.2, 0.25) is 5.02 Å². The average Bonchev–Trinajstić information content (AvgIpc) is 2.75. The molecule has 1 atom stereocenters. The van der Waals surface area contributed by atoms with Crippen molar-refractivity contribution in [3.63, 3.8) is 0 Å². The van der Waals surface area contributed by atoms with Gasteiger partial charge < -0.3 is 10.0 Å². The number of hydrogen-bond acceptors (Lipinski definition) is 5. The van der Waals surface area contributed by atoms with Crippen molar-refractivity contribution in [2.45, 2.75) is 45.2 Å². The van der Waals surface area contributed by atoms with Crippen molar-refractivity contribution in [3.05, 3.63) is 62.3 Å². The zero-order valence-electron chi connectivity index (χ0n) is 17.1. The first-order valence-corrected chi connectivity index (χ1v) is 10.7. The van der Waals surface area contributed by atoms with E-state index in [1.54, 1.807) is 4.90 Å². The summed E-state index contributed by atoms with van der Waals surface area (Å²) >= 11 is 5.76. The number of aromatic nitrogens is 1. The van der Waals surface area contributed by atoms with Gasteiger partial charge in [0, 0.05) is 30.7 Å². The third-order valence-electron chi connectivity index (χ3n) is 5.99. The van der Waals surface area contributed by atoms with Crippen LogP contribution in [0.1, 0.15) is 59.0 Å². The summed E-state index contributed by atoms with van der Waals surface area (Å²) in [6.07, 6.45) is 3.75. The van der Waals surface area contributed by atoms with Gasteiger partial charge in [0.05, 0.1) is 5.56 Å². The van der Waals surface area contributed by atoms with Gasteiger partial charge in [-0.25, -0.2) is 4.39 Å². The minimum absolute atomic E-state index is 0.0820. The molecule has 4 rings (SSSR count). The van der Waals surface area contributed by atoms with E-state index >= 15 is 0 Å². The first-order valence-electron chi connectivity index (χ1n) is 10.4. The SMILES string of the molecule is CCN1C(=O)c2c(O)c(=O)c(C(=O)CCc3ccc(Cl)cc3F)cn2N2CCCC[C@@H]12. The highest BCUT2D eigenvalue weighted by Crippen LogP contribution is 2.29. The Morgan fingerprint density at radius 1 is 1.29 bits per heavy atom. The second-order valence-electron chi connectivity index (χ2n) is 7.80. The van der Waals surface area contributed by atoms with Crippen LogP contribution in [0.25, 0.3) is 0 Å². The van der Waals surface area contributed by atoms with Crippen LogP contribution in [0.5, 0.6) is 5.75 Å². The highest BCUT2D eigenvalue weighted by molar-refractivity contribution is 6.30. The molecule has 1 saturated heterocycles. The number of aromatic hydroxyl groups is 1. The van der Waals surface area contributed by atoms with E-state index in [1.807, 2.05) is 11.9 Å². The van der Waals surface area contributed by atoms with Gasteiger partial charge in [0.1, 0.15) is 12.0 Å². The minimum Gasteiger partial charge on any atom is -0.502 e. The zero-order chi connectivity index (χ0) is 22.3. The number of carbonyl (C=O) groups is 2. The highest BCUT2D eigenvalue weighted by atomic mass is 35.5. The fraction of sp³-hybridized carbons (Fsp3) is 0.409. The van der Waals surface area contributed by atoms with E-state index < -0.39 is 28.7 Å². The standard InChI is InChI=1S/C22H23ClFN3O4/c1-2-25-18-5-3-4-10-26(18)27-12-15(20(29)21(30)19(27)22(25)31)17(28)9-7-13-6-8-14(23)11-16(13)24/h6,8,11-12,18,30H,2-5,7,9-10H2,1H3/t18-/m0/s1. The molecule has 2 aliphatic rings. The Morgan fingerprint density at radius 3 is 2.77 bits per heavy atom. The molecule has 2 aliphatic heterocycles. The Balaban J connectivity index is 1.69. The number of benzene rings is 1. The summed E-state index contributed by atoms with van der Waals surface area (Å²) in [5.74, 6) is -2.20. The Hall–Kier alpha value is -2.87. The molecule has 31 heavy (non-hydrogen) atoms. The third kappa shape index (κ3) is 3.69. The first-order chi connectivity index (χ1) is 14.8. The molecule has 164 valence electrons. The van der Waals surface area contributed by atoms with E-state index in [4.69, 9.17) is 11.6 Å². The van der Waals surface area contributed by atoms with E-state index in [9.17, 15) is 23.9 Å². The zero-order valence-corrected chi connectivity index (χ0v) is 17.9. The number of rotatable bonds is 5. The van der Waals surface area contributed by atoms with Crippen LogP contribution in [0.4, 0.5) is 4.39 Å². The Kier molecular flexibility index (Phi) is 5.75. The molecular weight excluding hydrogens is 425 g/mol. The normalized spacial score (nSPS) is 18.0.